The summed E-state index contributed by atoms with van der Waals surface area (Å²) in [6.45, 7) is 1.36. The maximum atomic E-state index is 11.4. The third-order valence-electron chi connectivity index (χ3n) is 2.68. The third-order valence-corrected chi connectivity index (χ3v) is 3.22. The Morgan fingerprint density at radius 2 is 1.86 bits per heavy atom. The summed E-state index contributed by atoms with van der Waals surface area (Å²) < 4.78 is 5.46. The van der Waals surface area contributed by atoms with Crippen molar-refractivity contribution in [3.63, 3.8) is 0 Å². The van der Waals surface area contributed by atoms with Gasteiger partial charge in [0.15, 0.2) is 5.78 Å². The smallest absolute Gasteiger partial charge is 0.311 e. The molecule has 7 heteroatoms. The number of hydrogen-bond acceptors (Lipinski definition) is 4. The normalized spacial score (nSPS) is 10.2. The van der Waals surface area contributed by atoms with Crippen LogP contribution < -0.4 is 4.74 Å². The number of halogens is 2. The average molecular weight is 326 g/mol. The molecule has 21 heavy (non-hydrogen) atoms. The summed E-state index contributed by atoms with van der Waals surface area (Å²) in [6.07, 6.45) is 0. The van der Waals surface area contributed by atoms with Crippen molar-refractivity contribution in [1.29, 1.82) is 0 Å². The molecule has 2 rings (SSSR count). The molecule has 0 amide bonds. The Morgan fingerprint density at radius 1 is 1.14 bits per heavy atom. The summed E-state index contributed by atoms with van der Waals surface area (Å²) >= 11 is 11.8. The van der Waals surface area contributed by atoms with Gasteiger partial charge in [0.1, 0.15) is 5.75 Å². The van der Waals surface area contributed by atoms with Gasteiger partial charge in [0.25, 0.3) is 0 Å². The van der Waals surface area contributed by atoms with Crippen molar-refractivity contribution in [3.8, 4) is 11.5 Å². The molecule has 5 nitrogen and oxygen atoms in total. The number of Topliss-reactive ketones (excluding diaryl/α,β-unsaturated/α-hetero) is 1. The van der Waals surface area contributed by atoms with Crippen molar-refractivity contribution < 1.29 is 14.5 Å². The van der Waals surface area contributed by atoms with Crippen LogP contribution in [-0.4, -0.2) is 10.7 Å². The van der Waals surface area contributed by atoms with Crippen LogP contribution in [-0.2, 0) is 0 Å². The van der Waals surface area contributed by atoms with Crippen LogP contribution in [0.2, 0.25) is 10.0 Å². The zero-order chi connectivity index (χ0) is 15.6. The standard InChI is InChI=1S/C14H9Cl2NO4/c1-8(18)9-2-5-12(17(19)20)14(6-9)21-13-7-10(15)3-4-11(13)16/h2-7H,1H3. The summed E-state index contributed by atoms with van der Waals surface area (Å²) in [7, 11) is 0. The molecular weight excluding hydrogens is 317 g/mol. The first-order chi connectivity index (χ1) is 9.88. The molecule has 0 saturated heterocycles. The first-order valence-electron chi connectivity index (χ1n) is 5.81. The Bertz CT molecular complexity index is 731. The SMILES string of the molecule is CC(=O)c1ccc([N+](=O)[O-])c(Oc2cc(Cl)ccc2Cl)c1. The van der Waals surface area contributed by atoms with E-state index in [1.54, 1.807) is 6.07 Å². The van der Waals surface area contributed by atoms with E-state index in [9.17, 15) is 14.9 Å². The second-order valence-electron chi connectivity index (χ2n) is 4.17. The minimum atomic E-state index is -0.600. The molecule has 0 N–H and O–H groups in total. The number of nitro groups is 1. The molecule has 0 aliphatic heterocycles. The number of nitro benzene ring substituents is 1. The Balaban J connectivity index is 2.50. The van der Waals surface area contributed by atoms with E-state index in [2.05, 4.69) is 0 Å². The highest BCUT2D eigenvalue weighted by Gasteiger charge is 2.18. The molecule has 0 spiro atoms. The van der Waals surface area contributed by atoms with E-state index in [4.69, 9.17) is 27.9 Å². The molecule has 0 aromatic heterocycles. The second-order valence-corrected chi connectivity index (χ2v) is 5.02. The van der Waals surface area contributed by atoms with Gasteiger partial charge >= 0.3 is 5.69 Å². The topological polar surface area (TPSA) is 69.4 Å². The molecule has 2 aromatic rings. The molecule has 0 radical (unpaired) electrons. The highest BCUT2D eigenvalue weighted by Crippen LogP contribution is 2.36. The van der Waals surface area contributed by atoms with Gasteiger partial charge in [-0.3, -0.25) is 14.9 Å². The maximum Gasteiger partial charge on any atom is 0.311 e. The Labute approximate surface area is 130 Å². The summed E-state index contributed by atoms with van der Waals surface area (Å²) in [6, 6.07) is 8.40. The van der Waals surface area contributed by atoms with Crippen molar-refractivity contribution in [2.24, 2.45) is 0 Å². The molecule has 0 aliphatic rings. The monoisotopic (exact) mass is 325 g/mol. The van der Waals surface area contributed by atoms with Gasteiger partial charge in [0.2, 0.25) is 5.75 Å². The van der Waals surface area contributed by atoms with Gasteiger partial charge in [-0.15, -0.1) is 0 Å². The van der Waals surface area contributed by atoms with Crippen LogP contribution in [0.5, 0.6) is 11.5 Å². The van der Waals surface area contributed by atoms with Crippen LogP contribution in [0.4, 0.5) is 5.69 Å². The summed E-state index contributed by atoms with van der Waals surface area (Å²) in [5.41, 5.74) is 0.0322. The van der Waals surface area contributed by atoms with E-state index in [-0.39, 0.29) is 28.0 Å². The van der Waals surface area contributed by atoms with Gasteiger partial charge in [-0.2, -0.15) is 0 Å². The van der Waals surface area contributed by atoms with Crippen LogP contribution in [0.3, 0.4) is 0 Å². The van der Waals surface area contributed by atoms with Gasteiger partial charge in [-0.25, -0.2) is 0 Å². The lowest BCUT2D eigenvalue weighted by atomic mass is 10.1. The zero-order valence-electron chi connectivity index (χ0n) is 10.8. The number of benzene rings is 2. The Morgan fingerprint density at radius 3 is 2.48 bits per heavy atom. The second kappa shape index (κ2) is 6.11. The molecule has 0 fully saturated rings. The predicted octanol–water partition coefficient (Wildman–Crippen LogP) is 4.90. The minimum Gasteiger partial charge on any atom is -0.448 e. The molecule has 0 atom stereocenters. The summed E-state index contributed by atoms with van der Waals surface area (Å²) in [4.78, 5) is 21.8. The minimum absolute atomic E-state index is 0.0723. The molecule has 0 aliphatic carbocycles. The molecule has 2 aromatic carbocycles. The van der Waals surface area contributed by atoms with Crippen molar-refractivity contribution in [3.05, 3.63) is 62.1 Å². The number of rotatable bonds is 4. The lowest BCUT2D eigenvalue weighted by Gasteiger charge is -2.09. The fraction of sp³-hybridized carbons (Fsp3) is 0.0714. The molecule has 0 bridgehead atoms. The van der Waals surface area contributed by atoms with E-state index < -0.39 is 4.92 Å². The first kappa shape index (κ1) is 15.3. The van der Waals surface area contributed by atoms with Gasteiger partial charge in [0, 0.05) is 22.7 Å². The molecular formula is C14H9Cl2NO4. The average Bonchev–Trinajstić information content (AvgIpc) is 2.42. The number of ether oxygens (including phenoxy) is 1. The quantitative estimate of drug-likeness (QED) is 0.455. The van der Waals surface area contributed by atoms with Crippen LogP contribution >= 0.6 is 23.2 Å². The summed E-state index contributed by atoms with van der Waals surface area (Å²) in [5, 5.41) is 11.7. The van der Waals surface area contributed by atoms with Gasteiger partial charge in [-0.1, -0.05) is 23.2 Å². The van der Waals surface area contributed by atoms with E-state index in [0.717, 1.165) is 0 Å². The molecule has 108 valence electrons. The van der Waals surface area contributed by atoms with Crippen molar-refractivity contribution in [2.75, 3.05) is 0 Å². The molecule has 0 unspecified atom stereocenters. The van der Waals surface area contributed by atoms with E-state index in [0.29, 0.717) is 10.6 Å². The van der Waals surface area contributed by atoms with E-state index in [1.165, 1.54) is 37.3 Å². The number of nitrogens with zero attached hydrogens (tertiary/aromatic N) is 1. The number of carbonyl (C=O) groups excluding carboxylic acids is 1. The van der Waals surface area contributed by atoms with Crippen LogP contribution in [0.1, 0.15) is 17.3 Å². The largest absolute Gasteiger partial charge is 0.448 e. The van der Waals surface area contributed by atoms with Crippen molar-refractivity contribution in [2.45, 2.75) is 6.92 Å². The molecule has 0 saturated carbocycles. The van der Waals surface area contributed by atoms with Crippen LogP contribution in [0.25, 0.3) is 0 Å². The number of carbonyl (C=O) groups is 1. The van der Waals surface area contributed by atoms with Crippen LogP contribution in [0, 0.1) is 10.1 Å². The Kier molecular flexibility index (Phi) is 4.45. The number of hydrogen-bond donors (Lipinski definition) is 0. The lowest BCUT2D eigenvalue weighted by molar-refractivity contribution is -0.385. The highest BCUT2D eigenvalue weighted by atomic mass is 35.5. The van der Waals surface area contributed by atoms with E-state index >= 15 is 0 Å². The predicted molar refractivity (Wildman–Crippen MR) is 79.6 cm³/mol. The Hall–Kier alpha value is -2.11. The van der Waals surface area contributed by atoms with Gasteiger partial charge in [0.05, 0.1) is 9.95 Å². The van der Waals surface area contributed by atoms with Crippen molar-refractivity contribution in [1.82, 2.24) is 0 Å². The highest BCUT2D eigenvalue weighted by molar-refractivity contribution is 6.34. The zero-order valence-corrected chi connectivity index (χ0v) is 12.3. The fourth-order valence-electron chi connectivity index (χ4n) is 1.64. The van der Waals surface area contributed by atoms with Crippen molar-refractivity contribution >= 4 is 34.7 Å². The summed E-state index contributed by atoms with van der Waals surface area (Å²) in [5.74, 6) is -0.128. The van der Waals surface area contributed by atoms with Gasteiger partial charge < -0.3 is 4.74 Å². The van der Waals surface area contributed by atoms with Crippen LogP contribution in [0.15, 0.2) is 36.4 Å². The molecule has 0 heterocycles. The first-order valence-corrected chi connectivity index (χ1v) is 6.56. The fourth-order valence-corrected chi connectivity index (χ4v) is 1.96. The third kappa shape index (κ3) is 3.51. The van der Waals surface area contributed by atoms with Gasteiger partial charge in [-0.05, 0) is 31.2 Å². The van der Waals surface area contributed by atoms with E-state index in [1.807, 2.05) is 0 Å². The number of ketones is 1. The lowest BCUT2D eigenvalue weighted by Crippen LogP contribution is -1.98. The maximum absolute atomic E-state index is 11.4.